The summed E-state index contributed by atoms with van der Waals surface area (Å²) < 4.78 is 2.13. The molecule has 0 aliphatic heterocycles. The van der Waals surface area contributed by atoms with E-state index in [2.05, 4.69) is 9.97 Å². The van der Waals surface area contributed by atoms with E-state index in [0.717, 1.165) is 21.9 Å². The highest BCUT2D eigenvalue weighted by Gasteiger charge is 2.22. The van der Waals surface area contributed by atoms with Crippen LogP contribution in [0.25, 0.3) is 0 Å². The minimum absolute atomic E-state index is 0.0625. The van der Waals surface area contributed by atoms with Gasteiger partial charge in [0.25, 0.3) is 5.56 Å². The Kier molecular flexibility index (Phi) is 5.51. The van der Waals surface area contributed by atoms with Gasteiger partial charge in [0.1, 0.15) is 11.4 Å². The van der Waals surface area contributed by atoms with Crippen molar-refractivity contribution in [2.45, 2.75) is 11.7 Å². The molecule has 0 unspecified atom stereocenters. The Morgan fingerprint density at radius 3 is 2.44 bits per heavy atom. The third kappa shape index (κ3) is 3.98. The summed E-state index contributed by atoms with van der Waals surface area (Å²) in [6.07, 6.45) is 3.13. The third-order valence-electron chi connectivity index (χ3n) is 3.92. The minimum Gasteiger partial charge on any atom is -0.384 e. The number of thioether (sulfide) groups is 1. The highest BCUT2D eigenvalue weighted by molar-refractivity contribution is 7.99. The van der Waals surface area contributed by atoms with Crippen molar-refractivity contribution in [1.82, 2.24) is 19.1 Å². The lowest BCUT2D eigenvalue weighted by Gasteiger charge is -2.14. The van der Waals surface area contributed by atoms with E-state index in [1.165, 1.54) is 11.6 Å². The summed E-state index contributed by atoms with van der Waals surface area (Å²) in [6.45, 7) is 0.162. The molecule has 0 aliphatic carbocycles. The number of rotatable bonds is 6. The maximum atomic E-state index is 12.6. The molecule has 0 atom stereocenters. The first-order valence-electron chi connectivity index (χ1n) is 8.05. The molecule has 0 fully saturated rings. The number of hydrogen-bond donors (Lipinski definition) is 1. The molecule has 8 nitrogen and oxygen atoms in total. The summed E-state index contributed by atoms with van der Waals surface area (Å²) in [5.74, 6) is -0.675. The van der Waals surface area contributed by atoms with Gasteiger partial charge in [-0.2, -0.15) is 0 Å². The molecule has 0 aliphatic rings. The highest BCUT2D eigenvalue weighted by atomic mass is 32.2. The molecule has 2 heterocycles. The molecule has 27 heavy (non-hydrogen) atoms. The first-order chi connectivity index (χ1) is 13.0. The van der Waals surface area contributed by atoms with E-state index < -0.39 is 17.0 Å². The molecule has 2 N–H and O–H groups in total. The Balaban J connectivity index is 1.96. The molecule has 0 amide bonds. The molecule has 0 saturated carbocycles. The molecule has 138 valence electrons. The SMILES string of the molecule is Cn1c(=O)c(C(=O)CSc2ncccn2)c(N)n(Cc2ccccc2)c1=O. The van der Waals surface area contributed by atoms with E-state index in [4.69, 9.17) is 5.73 Å². The standard InChI is InChI=1S/C18H17N5O3S/c1-22-16(25)14(13(24)11-27-17-20-8-5-9-21-17)15(19)23(18(22)26)10-12-6-3-2-4-7-12/h2-9H,10-11,19H2,1H3. The molecular weight excluding hydrogens is 366 g/mol. The van der Waals surface area contributed by atoms with Crippen LogP contribution in [0.3, 0.4) is 0 Å². The number of ketones is 1. The molecule has 1 aromatic carbocycles. The Hall–Kier alpha value is -3.20. The van der Waals surface area contributed by atoms with Crippen LogP contribution < -0.4 is 17.0 Å². The van der Waals surface area contributed by atoms with Gasteiger partial charge in [0.2, 0.25) is 0 Å². The molecule has 0 bridgehead atoms. The lowest BCUT2D eigenvalue weighted by atomic mass is 10.2. The molecule has 0 radical (unpaired) electrons. The van der Waals surface area contributed by atoms with E-state index in [-0.39, 0.29) is 23.7 Å². The summed E-state index contributed by atoms with van der Waals surface area (Å²) in [5, 5.41) is 0.416. The predicted octanol–water partition coefficient (Wildman–Crippen LogP) is 0.943. The largest absolute Gasteiger partial charge is 0.384 e. The van der Waals surface area contributed by atoms with Gasteiger partial charge in [0.15, 0.2) is 10.9 Å². The number of hydrogen-bond acceptors (Lipinski definition) is 7. The van der Waals surface area contributed by atoms with Gasteiger partial charge in [0, 0.05) is 19.4 Å². The van der Waals surface area contributed by atoms with Crippen LogP contribution in [0.1, 0.15) is 15.9 Å². The van der Waals surface area contributed by atoms with Gasteiger partial charge in [0.05, 0.1) is 12.3 Å². The normalized spacial score (nSPS) is 10.7. The van der Waals surface area contributed by atoms with Crippen molar-refractivity contribution in [3.05, 3.63) is 80.8 Å². The van der Waals surface area contributed by atoms with E-state index in [1.807, 2.05) is 30.3 Å². The quantitative estimate of drug-likeness (QED) is 0.383. The number of carbonyl (C=O) groups is 1. The zero-order valence-corrected chi connectivity index (χ0v) is 15.3. The summed E-state index contributed by atoms with van der Waals surface area (Å²) in [7, 11) is 1.33. The van der Waals surface area contributed by atoms with Gasteiger partial charge in [-0.3, -0.25) is 18.7 Å². The van der Waals surface area contributed by atoms with Gasteiger partial charge in [-0.25, -0.2) is 14.8 Å². The van der Waals surface area contributed by atoms with Crippen LogP contribution in [0.15, 0.2) is 63.5 Å². The van der Waals surface area contributed by atoms with E-state index in [0.29, 0.717) is 5.16 Å². The molecule has 9 heteroatoms. The fourth-order valence-electron chi connectivity index (χ4n) is 2.53. The summed E-state index contributed by atoms with van der Waals surface area (Å²) in [4.78, 5) is 45.6. The van der Waals surface area contributed by atoms with Gasteiger partial charge in [-0.1, -0.05) is 42.1 Å². The van der Waals surface area contributed by atoms with Crippen molar-refractivity contribution in [2.75, 3.05) is 11.5 Å². The van der Waals surface area contributed by atoms with E-state index in [9.17, 15) is 14.4 Å². The Morgan fingerprint density at radius 1 is 1.11 bits per heavy atom. The lowest BCUT2D eigenvalue weighted by Crippen LogP contribution is -2.43. The molecule has 0 spiro atoms. The van der Waals surface area contributed by atoms with Crippen LogP contribution in [0.4, 0.5) is 5.82 Å². The number of nitrogens with zero attached hydrogens (tertiary/aromatic N) is 4. The molecule has 2 aromatic heterocycles. The van der Waals surface area contributed by atoms with Crippen molar-refractivity contribution in [3.63, 3.8) is 0 Å². The first-order valence-corrected chi connectivity index (χ1v) is 9.04. The van der Waals surface area contributed by atoms with Gasteiger partial charge in [-0.05, 0) is 11.6 Å². The number of Topliss-reactive ketones (excluding diaryl/α,β-unsaturated/α-hetero) is 1. The van der Waals surface area contributed by atoms with Gasteiger partial charge >= 0.3 is 5.69 Å². The second-order valence-corrected chi connectivity index (χ2v) is 6.66. The van der Waals surface area contributed by atoms with Crippen molar-refractivity contribution in [1.29, 1.82) is 0 Å². The van der Waals surface area contributed by atoms with Gasteiger partial charge in [-0.15, -0.1) is 0 Å². The molecular formula is C18H17N5O3S. The number of nitrogen functional groups attached to an aromatic ring is 1. The summed E-state index contributed by atoms with van der Waals surface area (Å²) in [5.41, 5.74) is 5.41. The average Bonchev–Trinajstić information content (AvgIpc) is 2.70. The molecule has 0 saturated heterocycles. The van der Waals surface area contributed by atoms with Crippen LogP contribution in [-0.4, -0.2) is 30.6 Å². The zero-order chi connectivity index (χ0) is 19.4. The Morgan fingerprint density at radius 2 is 1.78 bits per heavy atom. The topological polar surface area (TPSA) is 113 Å². The molecule has 3 aromatic rings. The maximum Gasteiger partial charge on any atom is 0.332 e. The van der Waals surface area contributed by atoms with Crippen molar-refractivity contribution < 1.29 is 4.79 Å². The average molecular weight is 383 g/mol. The van der Waals surface area contributed by atoms with Crippen LogP contribution in [-0.2, 0) is 13.6 Å². The van der Waals surface area contributed by atoms with E-state index in [1.54, 1.807) is 18.5 Å². The highest BCUT2D eigenvalue weighted by Crippen LogP contribution is 2.15. The van der Waals surface area contributed by atoms with Crippen LogP contribution >= 0.6 is 11.8 Å². The monoisotopic (exact) mass is 383 g/mol. The molecule has 3 rings (SSSR count). The third-order valence-corrected chi connectivity index (χ3v) is 4.80. The summed E-state index contributed by atoms with van der Waals surface area (Å²) in [6, 6.07) is 10.9. The number of carbonyl (C=O) groups excluding carboxylic acids is 1. The minimum atomic E-state index is -0.707. The van der Waals surface area contributed by atoms with Gasteiger partial charge < -0.3 is 5.73 Å². The number of benzene rings is 1. The van der Waals surface area contributed by atoms with E-state index >= 15 is 0 Å². The number of anilines is 1. The smallest absolute Gasteiger partial charge is 0.332 e. The summed E-state index contributed by atoms with van der Waals surface area (Å²) >= 11 is 1.10. The first kappa shape index (κ1) is 18.6. The second kappa shape index (κ2) is 8.00. The van der Waals surface area contributed by atoms with Crippen LogP contribution in [0.5, 0.6) is 0 Å². The Bertz CT molecular complexity index is 1080. The van der Waals surface area contributed by atoms with Crippen molar-refractivity contribution in [3.8, 4) is 0 Å². The van der Waals surface area contributed by atoms with Crippen LogP contribution in [0, 0.1) is 0 Å². The van der Waals surface area contributed by atoms with Crippen molar-refractivity contribution >= 4 is 23.4 Å². The Labute approximate surface area is 158 Å². The number of aromatic nitrogens is 4. The maximum absolute atomic E-state index is 12.6. The fraction of sp³-hybridized carbons (Fsp3) is 0.167. The lowest BCUT2D eigenvalue weighted by molar-refractivity contribution is 0.102. The van der Waals surface area contributed by atoms with Crippen LogP contribution in [0.2, 0.25) is 0 Å². The fourth-order valence-corrected chi connectivity index (χ4v) is 3.20. The van der Waals surface area contributed by atoms with Crippen molar-refractivity contribution in [2.24, 2.45) is 7.05 Å². The second-order valence-electron chi connectivity index (χ2n) is 5.72. The zero-order valence-electron chi connectivity index (χ0n) is 14.5. The number of nitrogens with two attached hydrogens (primary N) is 1. The predicted molar refractivity (Wildman–Crippen MR) is 103 cm³/mol.